The zero-order chi connectivity index (χ0) is 23.0. The Balaban J connectivity index is 1.35. The predicted molar refractivity (Wildman–Crippen MR) is 128 cm³/mol. The molecule has 0 unspecified atom stereocenters. The number of aromatic nitrogens is 4. The first-order valence-electron chi connectivity index (χ1n) is 11.5. The Morgan fingerprint density at radius 1 is 1.06 bits per heavy atom. The molecule has 0 N–H and O–H groups in total. The molecule has 8 heteroatoms. The lowest BCUT2D eigenvalue weighted by Gasteiger charge is -2.18. The summed E-state index contributed by atoms with van der Waals surface area (Å²) < 4.78 is 19.1. The fraction of sp³-hybridized carbons (Fsp3) is 0.400. The maximum absolute atomic E-state index is 5.94. The zero-order valence-corrected chi connectivity index (χ0v) is 19.5. The average Bonchev–Trinajstić information content (AvgIpc) is 3.49. The highest BCUT2D eigenvalue weighted by molar-refractivity contribution is 5.74. The molecule has 4 aromatic rings. The fourth-order valence-electron chi connectivity index (χ4n) is 3.81. The molecule has 2 aromatic heterocycles. The largest absolute Gasteiger partial charge is 0.493 e. The number of nitrogens with zero attached hydrogens (tertiary/aromatic N) is 5. The normalized spacial score (nSPS) is 11.4. The molecule has 4 rings (SSSR count). The SMILES string of the molecule is CCN(CC)CCOc1ccc(-c2noc(CCCn3cnc4ccccc43)n2)cc1OC. The lowest BCUT2D eigenvalue weighted by molar-refractivity contribution is 0.217. The van der Waals surface area contributed by atoms with Crippen LogP contribution < -0.4 is 9.47 Å². The van der Waals surface area contributed by atoms with Crippen molar-refractivity contribution in [2.24, 2.45) is 0 Å². The number of hydrogen-bond acceptors (Lipinski definition) is 7. The number of rotatable bonds is 12. The van der Waals surface area contributed by atoms with E-state index in [9.17, 15) is 0 Å². The number of para-hydroxylation sites is 2. The van der Waals surface area contributed by atoms with E-state index in [0.717, 1.165) is 49.2 Å². The third kappa shape index (κ3) is 5.51. The number of methoxy groups -OCH3 is 1. The number of ether oxygens (including phenoxy) is 2. The molecule has 0 aliphatic carbocycles. The minimum Gasteiger partial charge on any atom is -0.493 e. The van der Waals surface area contributed by atoms with Crippen LogP contribution in [0.2, 0.25) is 0 Å². The molecule has 0 fully saturated rings. The third-order valence-corrected chi connectivity index (χ3v) is 5.77. The molecule has 2 heterocycles. The molecule has 0 aliphatic heterocycles. The predicted octanol–water partition coefficient (Wildman–Crippen LogP) is 4.45. The number of aryl methyl sites for hydroxylation is 2. The number of likely N-dealkylation sites (N-methyl/N-ethyl adjacent to an activating group) is 1. The Hall–Kier alpha value is -3.39. The average molecular weight is 450 g/mol. The smallest absolute Gasteiger partial charge is 0.227 e. The van der Waals surface area contributed by atoms with Gasteiger partial charge in [0.2, 0.25) is 11.7 Å². The summed E-state index contributed by atoms with van der Waals surface area (Å²) in [5, 5.41) is 4.16. The van der Waals surface area contributed by atoms with Crippen LogP contribution in [0.25, 0.3) is 22.4 Å². The second-order valence-electron chi connectivity index (χ2n) is 7.78. The maximum Gasteiger partial charge on any atom is 0.227 e. The van der Waals surface area contributed by atoms with E-state index in [2.05, 4.69) is 44.5 Å². The Kier molecular flexibility index (Phi) is 7.57. The molecule has 8 nitrogen and oxygen atoms in total. The van der Waals surface area contributed by atoms with Gasteiger partial charge in [-0.05, 0) is 49.8 Å². The van der Waals surface area contributed by atoms with Crippen LogP contribution in [0.5, 0.6) is 11.5 Å². The van der Waals surface area contributed by atoms with Crippen molar-refractivity contribution in [3.05, 3.63) is 54.7 Å². The highest BCUT2D eigenvalue weighted by Gasteiger charge is 2.13. The van der Waals surface area contributed by atoms with Crippen molar-refractivity contribution in [3.8, 4) is 22.9 Å². The Bertz CT molecular complexity index is 1170. The molecular formula is C25H31N5O3. The molecule has 0 atom stereocenters. The topological polar surface area (TPSA) is 78.4 Å². The minimum absolute atomic E-state index is 0.547. The van der Waals surface area contributed by atoms with E-state index in [1.54, 1.807) is 7.11 Å². The van der Waals surface area contributed by atoms with Gasteiger partial charge in [-0.2, -0.15) is 4.98 Å². The molecule has 33 heavy (non-hydrogen) atoms. The van der Waals surface area contributed by atoms with E-state index in [1.807, 2.05) is 42.7 Å². The lowest BCUT2D eigenvalue weighted by atomic mass is 10.2. The summed E-state index contributed by atoms with van der Waals surface area (Å²) in [6.45, 7) is 8.64. The molecule has 0 spiro atoms. The molecule has 174 valence electrons. The second kappa shape index (κ2) is 11.0. The summed E-state index contributed by atoms with van der Waals surface area (Å²) in [5.74, 6) is 2.54. The molecule has 0 aliphatic rings. The first-order chi connectivity index (χ1) is 16.2. The van der Waals surface area contributed by atoms with Gasteiger partial charge < -0.3 is 23.5 Å². The minimum atomic E-state index is 0.547. The van der Waals surface area contributed by atoms with Gasteiger partial charge in [-0.15, -0.1) is 0 Å². The van der Waals surface area contributed by atoms with Crippen molar-refractivity contribution < 1.29 is 14.0 Å². The van der Waals surface area contributed by atoms with Gasteiger partial charge in [-0.3, -0.25) is 0 Å². The number of hydrogen-bond donors (Lipinski definition) is 0. The Morgan fingerprint density at radius 3 is 2.73 bits per heavy atom. The van der Waals surface area contributed by atoms with Crippen LogP contribution in [0, 0.1) is 0 Å². The van der Waals surface area contributed by atoms with Gasteiger partial charge in [-0.25, -0.2) is 4.98 Å². The van der Waals surface area contributed by atoms with Gasteiger partial charge in [0.15, 0.2) is 11.5 Å². The van der Waals surface area contributed by atoms with E-state index in [4.69, 9.17) is 14.0 Å². The van der Waals surface area contributed by atoms with E-state index in [1.165, 1.54) is 0 Å². The van der Waals surface area contributed by atoms with Crippen LogP contribution >= 0.6 is 0 Å². The number of benzene rings is 2. The van der Waals surface area contributed by atoms with Crippen molar-refractivity contribution >= 4 is 11.0 Å². The van der Waals surface area contributed by atoms with E-state index >= 15 is 0 Å². The van der Waals surface area contributed by atoms with Crippen LogP contribution in [0.4, 0.5) is 0 Å². The number of fused-ring (bicyclic) bond motifs is 1. The Morgan fingerprint density at radius 2 is 1.91 bits per heavy atom. The van der Waals surface area contributed by atoms with Gasteiger partial charge in [0.25, 0.3) is 0 Å². The molecule has 0 saturated heterocycles. The van der Waals surface area contributed by atoms with Gasteiger partial charge in [0.05, 0.1) is 24.5 Å². The summed E-state index contributed by atoms with van der Waals surface area (Å²) in [6.07, 6.45) is 3.45. The monoisotopic (exact) mass is 449 g/mol. The molecule has 0 saturated carbocycles. The quantitative estimate of drug-likeness (QED) is 0.316. The van der Waals surface area contributed by atoms with Crippen molar-refractivity contribution in [2.45, 2.75) is 33.2 Å². The van der Waals surface area contributed by atoms with Gasteiger partial charge >= 0.3 is 0 Å². The first kappa shape index (κ1) is 22.8. The molecule has 0 radical (unpaired) electrons. The molecule has 0 amide bonds. The van der Waals surface area contributed by atoms with Gasteiger partial charge in [-0.1, -0.05) is 31.1 Å². The molecule has 0 bridgehead atoms. The molecular weight excluding hydrogens is 418 g/mol. The second-order valence-corrected chi connectivity index (χ2v) is 7.78. The van der Waals surface area contributed by atoms with Crippen LogP contribution in [0.3, 0.4) is 0 Å². The van der Waals surface area contributed by atoms with E-state index in [-0.39, 0.29) is 0 Å². The third-order valence-electron chi connectivity index (χ3n) is 5.77. The maximum atomic E-state index is 5.94. The summed E-state index contributed by atoms with van der Waals surface area (Å²) in [6, 6.07) is 13.8. The standard InChI is InChI=1S/C25H31N5O3/c1-4-29(5-2)15-16-32-22-13-12-19(17-23(22)31-3)25-27-24(33-28-25)11-8-14-30-18-26-20-9-6-7-10-21(20)30/h6-7,9-10,12-13,17-18H,4-5,8,11,14-16H2,1-3H3. The lowest BCUT2D eigenvalue weighted by Crippen LogP contribution is -2.27. The van der Waals surface area contributed by atoms with Crippen molar-refractivity contribution in [1.82, 2.24) is 24.6 Å². The van der Waals surface area contributed by atoms with E-state index in [0.29, 0.717) is 36.2 Å². The van der Waals surface area contributed by atoms with Crippen molar-refractivity contribution in [2.75, 3.05) is 33.4 Å². The Labute approximate surface area is 194 Å². The summed E-state index contributed by atoms with van der Waals surface area (Å²) >= 11 is 0. The van der Waals surface area contributed by atoms with Crippen LogP contribution in [-0.2, 0) is 13.0 Å². The number of imidazole rings is 1. The van der Waals surface area contributed by atoms with Gasteiger partial charge in [0.1, 0.15) is 6.61 Å². The van der Waals surface area contributed by atoms with E-state index < -0.39 is 0 Å². The fourth-order valence-corrected chi connectivity index (χ4v) is 3.81. The van der Waals surface area contributed by atoms with Crippen LogP contribution in [0.1, 0.15) is 26.2 Å². The van der Waals surface area contributed by atoms with Gasteiger partial charge in [0, 0.05) is 25.1 Å². The van der Waals surface area contributed by atoms with Crippen molar-refractivity contribution in [1.29, 1.82) is 0 Å². The molecule has 2 aromatic carbocycles. The summed E-state index contributed by atoms with van der Waals surface area (Å²) in [7, 11) is 1.64. The van der Waals surface area contributed by atoms with Crippen LogP contribution in [-0.4, -0.2) is 57.9 Å². The van der Waals surface area contributed by atoms with Crippen molar-refractivity contribution in [3.63, 3.8) is 0 Å². The highest BCUT2D eigenvalue weighted by Crippen LogP contribution is 2.31. The first-order valence-corrected chi connectivity index (χ1v) is 11.5. The zero-order valence-electron chi connectivity index (χ0n) is 19.5. The van der Waals surface area contributed by atoms with Crippen LogP contribution in [0.15, 0.2) is 53.3 Å². The summed E-state index contributed by atoms with van der Waals surface area (Å²) in [4.78, 5) is 11.3. The summed E-state index contributed by atoms with van der Waals surface area (Å²) in [5.41, 5.74) is 2.97. The highest BCUT2D eigenvalue weighted by atomic mass is 16.5.